The van der Waals surface area contributed by atoms with E-state index in [-0.39, 0.29) is 5.91 Å². The highest BCUT2D eigenvalue weighted by Crippen LogP contribution is 2.32. The molecule has 2 aromatic rings. The van der Waals surface area contributed by atoms with Gasteiger partial charge in [-0.05, 0) is 62.4 Å². The molecular formula is C23H32N4O. The van der Waals surface area contributed by atoms with Gasteiger partial charge in [0.25, 0.3) is 5.91 Å². The second-order valence-corrected chi connectivity index (χ2v) is 8.80. The molecule has 1 amide bonds. The number of hydrogen-bond donors (Lipinski definition) is 2. The topological polar surface area (TPSA) is 51.4 Å². The van der Waals surface area contributed by atoms with Crippen molar-refractivity contribution in [2.24, 2.45) is 0 Å². The maximum Gasteiger partial charge on any atom is 0.254 e. The maximum absolute atomic E-state index is 13.1. The number of aromatic amines is 1. The van der Waals surface area contributed by atoms with Gasteiger partial charge in [0.1, 0.15) is 0 Å². The van der Waals surface area contributed by atoms with E-state index in [2.05, 4.69) is 33.5 Å². The van der Waals surface area contributed by atoms with E-state index in [1.54, 1.807) is 0 Å². The summed E-state index contributed by atoms with van der Waals surface area (Å²) in [6, 6.07) is 7.02. The minimum Gasteiger partial charge on any atom is -0.361 e. The SMILES string of the molecule is O=C(c1ccc2c(C3CCNCC3)c[nH]c2c1)N1CCN(C2CCCC2)CC1. The lowest BCUT2D eigenvalue weighted by Crippen LogP contribution is -2.51. The highest BCUT2D eigenvalue weighted by Gasteiger charge is 2.28. The number of benzene rings is 1. The smallest absolute Gasteiger partial charge is 0.254 e. The van der Waals surface area contributed by atoms with E-state index in [0.717, 1.165) is 56.4 Å². The van der Waals surface area contributed by atoms with E-state index in [1.165, 1.54) is 49.5 Å². The van der Waals surface area contributed by atoms with Crippen molar-refractivity contribution < 1.29 is 4.79 Å². The molecule has 1 saturated carbocycles. The van der Waals surface area contributed by atoms with Crippen LogP contribution in [0.15, 0.2) is 24.4 Å². The summed E-state index contributed by atoms with van der Waals surface area (Å²) < 4.78 is 0. The normalized spacial score (nSPS) is 22.9. The predicted octanol–water partition coefficient (Wildman–Crippen LogP) is 3.34. The van der Waals surface area contributed by atoms with Crippen molar-refractivity contribution in [2.45, 2.75) is 50.5 Å². The zero-order valence-electron chi connectivity index (χ0n) is 16.8. The van der Waals surface area contributed by atoms with E-state index in [0.29, 0.717) is 5.92 Å². The molecule has 3 heterocycles. The number of fused-ring (bicyclic) bond motifs is 1. The molecule has 2 aliphatic heterocycles. The number of aromatic nitrogens is 1. The summed E-state index contributed by atoms with van der Waals surface area (Å²) in [7, 11) is 0. The van der Waals surface area contributed by atoms with Crippen LogP contribution in [0.2, 0.25) is 0 Å². The summed E-state index contributed by atoms with van der Waals surface area (Å²) in [5.74, 6) is 0.811. The molecule has 5 rings (SSSR count). The number of carbonyl (C=O) groups excluding carboxylic acids is 1. The number of H-pyrrole nitrogens is 1. The third-order valence-corrected chi connectivity index (χ3v) is 7.18. The molecule has 0 spiro atoms. The second kappa shape index (κ2) is 7.88. The highest BCUT2D eigenvalue weighted by molar-refractivity contribution is 5.98. The fraction of sp³-hybridized carbons (Fsp3) is 0.609. The Morgan fingerprint density at radius 2 is 1.71 bits per heavy atom. The minimum atomic E-state index is 0.186. The number of amides is 1. The zero-order valence-corrected chi connectivity index (χ0v) is 16.8. The first-order valence-electron chi connectivity index (χ1n) is 11.1. The Kier molecular flexibility index (Phi) is 5.12. The molecule has 28 heavy (non-hydrogen) atoms. The summed E-state index contributed by atoms with van der Waals surface area (Å²) in [5, 5.41) is 4.73. The molecule has 1 aromatic carbocycles. The minimum absolute atomic E-state index is 0.186. The number of hydrogen-bond acceptors (Lipinski definition) is 3. The average Bonchev–Trinajstić information content (AvgIpc) is 3.44. The Hall–Kier alpha value is -1.85. The van der Waals surface area contributed by atoms with Crippen molar-refractivity contribution in [3.63, 3.8) is 0 Å². The van der Waals surface area contributed by atoms with Crippen molar-refractivity contribution in [3.8, 4) is 0 Å². The van der Waals surface area contributed by atoms with Crippen LogP contribution in [-0.2, 0) is 0 Å². The monoisotopic (exact) mass is 380 g/mol. The first-order valence-corrected chi connectivity index (χ1v) is 11.1. The molecule has 2 saturated heterocycles. The molecule has 3 aliphatic rings. The van der Waals surface area contributed by atoms with Gasteiger partial charge in [-0.3, -0.25) is 9.69 Å². The van der Waals surface area contributed by atoms with E-state index < -0.39 is 0 Å². The van der Waals surface area contributed by atoms with Gasteiger partial charge in [-0.25, -0.2) is 0 Å². The Labute approximate surface area is 167 Å². The van der Waals surface area contributed by atoms with Gasteiger partial charge >= 0.3 is 0 Å². The lowest BCUT2D eigenvalue weighted by Gasteiger charge is -2.38. The van der Waals surface area contributed by atoms with Crippen LogP contribution < -0.4 is 5.32 Å². The fourth-order valence-corrected chi connectivity index (χ4v) is 5.49. The Bertz CT molecular complexity index is 824. The lowest BCUT2D eigenvalue weighted by atomic mass is 9.90. The Morgan fingerprint density at radius 3 is 2.46 bits per heavy atom. The molecule has 0 radical (unpaired) electrons. The summed E-state index contributed by atoms with van der Waals surface area (Å²) in [5.41, 5.74) is 3.34. The van der Waals surface area contributed by atoms with Crippen LogP contribution in [0.25, 0.3) is 10.9 Å². The number of piperidine rings is 1. The summed E-state index contributed by atoms with van der Waals surface area (Å²) in [6.07, 6.45) is 9.99. The van der Waals surface area contributed by atoms with Gasteiger partial charge in [-0.15, -0.1) is 0 Å². The Morgan fingerprint density at radius 1 is 0.964 bits per heavy atom. The molecule has 1 aromatic heterocycles. The van der Waals surface area contributed by atoms with Crippen LogP contribution in [-0.4, -0.2) is 66.0 Å². The number of carbonyl (C=O) groups is 1. The molecule has 0 bridgehead atoms. The number of nitrogens with one attached hydrogen (secondary N) is 2. The van der Waals surface area contributed by atoms with Crippen LogP contribution in [0.3, 0.4) is 0 Å². The standard InChI is InChI=1S/C23H32N4O/c28-23(27-13-11-26(12-14-27)19-3-1-2-4-19)18-5-6-20-21(16-25-22(20)15-18)17-7-9-24-10-8-17/h5-6,15-17,19,24-25H,1-4,7-14H2. The molecule has 5 heteroatoms. The summed E-state index contributed by atoms with van der Waals surface area (Å²) in [4.78, 5) is 21.1. The molecule has 1 aliphatic carbocycles. The quantitative estimate of drug-likeness (QED) is 0.859. The van der Waals surface area contributed by atoms with Gasteiger partial charge in [0.15, 0.2) is 0 Å². The number of nitrogens with zero attached hydrogens (tertiary/aromatic N) is 2. The van der Waals surface area contributed by atoms with Crippen LogP contribution in [0.1, 0.15) is 60.4 Å². The third kappa shape index (κ3) is 3.46. The molecular weight excluding hydrogens is 348 g/mol. The second-order valence-electron chi connectivity index (χ2n) is 8.80. The maximum atomic E-state index is 13.1. The summed E-state index contributed by atoms with van der Waals surface area (Å²) >= 11 is 0. The first kappa shape index (κ1) is 18.2. The van der Waals surface area contributed by atoms with Crippen molar-refractivity contribution in [2.75, 3.05) is 39.3 Å². The predicted molar refractivity (Wildman–Crippen MR) is 113 cm³/mol. The Balaban J connectivity index is 1.27. The van der Waals surface area contributed by atoms with Gasteiger partial charge in [0, 0.05) is 54.9 Å². The fourth-order valence-electron chi connectivity index (χ4n) is 5.49. The number of rotatable bonds is 3. The van der Waals surface area contributed by atoms with Gasteiger partial charge in [0.2, 0.25) is 0 Å². The molecule has 0 unspecified atom stereocenters. The van der Waals surface area contributed by atoms with Crippen LogP contribution in [0, 0.1) is 0 Å². The summed E-state index contributed by atoms with van der Waals surface area (Å²) in [6.45, 7) is 5.97. The van der Waals surface area contributed by atoms with Crippen molar-refractivity contribution in [3.05, 3.63) is 35.5 Å². The van der Waals surface area contributed by atoms with E-state index >= 15 is 0 Å². The van der Waals surface area contributed by atoms with Crippen LogP contribution >= 0.6 is 0 Å². The van der Waals surface area contributed by atoms with Gasteiger partial charge in [-0.1, -0.05) is 18.9 Å². The first-order chi connectivity index (χ1) is 13.8. The molecule has 150 valence electrons. The van der Waals surface area contributed by atoms with E-state index in [1.807, 2.05) is 11.0 Å². The lowest BCUT2D eigenvalue weighted by molar-refractivity contribution is 0.0573. The van der Waals surface area contributed by atoms with Crippen molar-refractivity contribution in [1.29, 1.82) is 0 Å². The van der Waals surface area contributed by atoms with Gasteiger partial charge < -0.3 is 15.2 Å². The van der Waals surface area contributed by atoms with Crippen molar-refractivity contribution in [1.82, 2.24) is 20.1 Å². The molecule has 2 N–H and O–H groups in total. The van der Waals surface area contributed by atoms with E-state index in [9.17, 15) is 4.79 Å². The molecule has 5 nitrogen and oxygen atoms in total. The van der Waals surface area contributed by atoms with Gasteiger partial charge in [0.05, 0.1) is 0 Å². The van der Waals surface area contributed by atoms with Gasteiger partial charge in [-0.2, -0.15) is 0 Å². The zero-order chi connectivity index (χ0) is 18.9. The highest BCUT2D eigenvalue weighted by atomic mass is 16.2. The van der Waals surface area contributed by atoms with Crippen LogP contribution in [0.5, 0.6) is 0 Å². The molecule has 0 atom stereocenters. The third-order valence-electron chi connectivity index (χ3n) is 7.18. The van der Waals surface area contributed by atoms with E-state index in [4.69, 9.17) is 0 Å². The average molecular weight is 381 g/mol. The molecule has 3 fully saturated rings. The van der Waals surface area contributed by atoms with Crippen molar-refractivity contribution >= 4 is 16.8 Å². The number of piperazine rings is 1. The van der Waals surface area contributed by atoms with Crippen LogP contribution in [0.4, 0.5) is 0 Å². The largest absolute Gasteiger partial charge is 0.361 e.